The van der Waals surface area contributed by atoms with E-state index < -0.39 is 0 Å². The molecule has 1 aliphatic rings. The van der Waals surface area contributed by atoms with Crippen LogP contribution < -0.4 is 5.32 Å². The average Bonchev–Trinajstić information content (AvgIpc) is 2.90. The van der Waals surface area contributed by atoms with E-state index in [1.165, 1.54) is 0 Å². The van der Waals surface area contributed by atoms with Gasteiger partial charge in [0.2, 0.25) is 0 Å². The third-order valence-electron chi connectivity index (χ3n) is 4.20. The van der Waals surface area contributed by atoms with Gasteiger partial charge in [0.1, 0.15) is 5.58 Å². The number of amides is 1. The van der Waals surface area contributed by atoms with E-state index in [4.69, 9.17) is 4.42 Å². The molecular formula is C16H20N2O2. The second-order valence-corrected chi connectivity index (χ2v) is 5.56. The number of para-hydroxylation sites is 1. The van der Waals surface area contributed by atoms with Crippen molar-refractivity contribution in [3.8, 4) is 0 Å². The van der Waals surface area contributed by atoms with Gasteiger partial charge >= 0.3 is 0 Å². The van der Waals surface area contributed by atoms with Crippen molar-refractivity contribution in [2.24, 2.45) is 5.92 Å². The Kier molecular flexibility index (Phi) is 3.49. The number of carbonyl (C=O) groups excluding carboxylic acids is 1. The van der Waals surface area contributed by atoms with Crippen molar-refractivity contribution in [2.45, 2.75) is 19.4 Å². The first-order valence-corrected chi connectivity index (χ1v) is 7.14. The van der Waals surface area contributed by atoms with E-state index >= 15 is 0 Å². The molecule has 1 saturated heterocycles. The molecule has 2 unspecified atom stereocenters. The van der Waals surface area contributed by atoms with Gasteiger partial charge in [0.25, 0.3) is 5.91 Å². The van der Waals surface area contributed by atoms with Crippen LogP contribution in [0.15, 0.2) is 34.7 Å². The molecule has 0 saturated carbocycles. The Balaban J connectivity index is 1.79. The summed E-state index contributed by atoms with van der Waals surface area (Å²) in [5.74, 6) is 0.908. The summed E-state index contributed by atoms with van der Waals surface area (Å²) in [6, 6.07) is 10.1. The fraction of sp³-hybridized carbons (Fsp3) is 0.438. The minimum Gasteiger partial charge on any atom is -0.451 e. The number of benzene rings is 1. The number of nitrogens with one attached hydrogen (secondary N) is 1. The number of fused-ring (bicyclic) bond motifs is 1. The van der Waals surface area contributed by atoms with Crippen LogP contribution in [0.25, 0.3) is 11.0 Å². The quantitative estimate of drug-likeness (QED) is 0.913. The van der Waals surface area contributed by atoms with Crippen molar-refractivity contribution in [2.75, 3.05) is 20.1 Å². The molecule has 0 spiro atoms. The van der Waals surface area contributed by atoms with E-state index in [1.807, 2.05) is 42.3 Å². The molecule has 2 aromatic rings. The average molecular weight is 272 g/mol. The topological polar surface area (TPSA) is 45.5 Å². The first kappa shape index (κ1) is 13.2. The lowest BCUT2D eigenvalue weighted by Gasteiger charge is -2.36. The van der Waals surface area contributed by atoms with E-state index in [0.29, 0.717) is 17.7 Å². The Morgan fingerprint density at radius 3 is 2.90 bits per heavy atom. The van der Waals surface area contributed by atoms with Crippen molar-refractivity contribution in [1.29, 1.82) is 0 Å². The van der Waals surface area contributed by atoms with E-state index in [2.05, 4.69) is 12.2 Å². The molecule has 3 rings (SSSR count). The van der Waals surface area contributed by atoms with Crippen molar-refractivity contribution in [1.82, 2.24) is 10.2 Å². The molecule has 1 aromatic carbocycles. The highest BCUT2D eigenvalue weighted by atomic mass is 16.3. The Bertz CT molecular complexity index is 587. The molecule has 4 heteroatoms. The van der Waals surface area contributed by atoms with Gasteiger partial charge in [0.15, 0.2) is 5.76 Å². The van der Waals surface area contributed by atoms with Crippen LogP contribution in [0.2, 0.25) is 0 Å². The lowest BCUT2D eigenvalue weighted by molar-refractivity contribution is 0.0620. The zero-order valence-electron chi connectivity index (χ0n) is 11.9. The van der Waals surface area contributed by atoms with Gasteiger partial charge in [-0.1, -0.05) is 25.1 Å². The monoisotopic (exact) mass is 272 g/mol. The summed E-state index contributed by atoms with van der Waals surface area (Å²) in [4.78, 5) is 14.4. The highest BCUT2D eigenvalue weighted by molar-refractivity contribution is 5.96. The van der Waals surface area contributed by atoms with Crippen LogP contribution in [0.5, 0.6) is 0 Å². The number of nitrogens with zero attached hydrogens (tertiary/aromatic N) is 1. The minimum absolute atomic E-state index is 0.00241. The van der Waals surface area contributed by atoms with Gasteiger partial charge in [-0.2, -0.15) is 0 Å². The Hall–Kier alpha value is -1.81. The van der Waals surface area contributed by atoms with Crippen LogP contribution in [-0.4, -0.2) is 37.0 Å². The highest BCUT2D eigenvalue weighted by Gasteiger charge is 2.29. The highest BCUT2D eigenvalue weighted by Crippen LogP contribution is 2.23. The largest absolute Gasteiger partial charge is 0.451 e. The Morgan fingerprint density at radius 1 is 1.40 bits per heavy atom. The van der Waals surface area contributed by atoms with Crippen LogP contribution in [-0.2, 0) is 0 Å². The number of hydrogen-bond acceptors (Lipinski definition) is 3. The fourth-order valence-corrected chi connectivity index (χ4v) is 3.00. The first-order chi connectivity index (χ1) is 9.69. The summed E-state index contributed by atoms with van der Waals surface area (Å²) < 4.78 is 5.66. The molecule has 2 atom stereocenters. The lowest BCUT2D eigenvalue weighted by atomic mass is 9.94. The normalized spacial score (nSPS) is 23.2. The predicted octanol–water partition coefficient (Wildman–Crippen LogP) is 2.50. The number of furan rings is 1. The Morgan fingerprint density at radius 2 is 2.20 bits per heavy atom. The van der Waals surface area contributed by atoms with Crippen LogP contribution in [0.1, 0.15) is 23.9 Å². The lowest BCUT2D eigenvalue weighted by Crippen LogP contribution is -2.49. The molecule has 106 valence electrons. The van der Waals surface area contributed by atoms with Gasteiger partial charge in [-0.3, -0.25) is 4.79 Å². The Labute approximate surface area is 118 Å². The maximum atomic E-state index is 12.5. The maximum absolute atomic E-state index is 12.5. The second kappa shape index (κ2) is 5.29. The molecule has 2 heterocycles. The van der Waals surface area contributed by atoms with Crippen molar-refractivity contribution in [3.63, 3.8) is 0 Å². The molecule has 1 N–H and O–H groups in total. The first-order valence-electron chi connectivity index (χ1n) is 7.14. The van der Waals surface area contributed by atoms with Crippen molar-refractivity contribution >= 4 is 16.9 Å². The molecule has 1 aliphatic heterocycles. The third kappa shape index (κ3) is 2.31. The third-order valence-corrected chi connectivity index (χ3v) is 4.20. The number of likely N-dealkylation sites (tertiary alicyclic amines) is 1. The predicted molar refractivity (Wildman–Crippen MR) is 78.7 cm³/mol. The molecule has 1 aromatic heterocycles. The van der Waals surface area contributed by atoms with Crippen LogP contribution in [0, 0.1) is 5.92 Å². The van der Waals surface area contributed by atoms with Gasteiger partial charge in [-0.25, -0.2) is 0 Å². The zero-order chi connectivity index (χ0) is 14.1. The van der Waals surface area contributed by atoms with Crippen LogP contribution in [0.3, 0.4) is 0 Å². The number of piperidine rings is 1. The number of carbonyl (C=O) groups is 1. The number of hydrogen-bond donors (Lipinski definition) is 1. The zero-order valence-corrected chi connectivity index (χ0v) is 11.9. The molecule has 1 amide bonds. The van der Waals surface area contributed by atoms with Crippen molar-refractivity contribution in [3.05, 3.63) is 36.1 Å². The van der Waals surface area contributed by atoms with E-state index in [-0.39, 0.29) is 5.91 Å². The molecule has 0 radical (unpaired) electrons. The van der Waals surface area contributed by atoms with Gasteiger partial charge < -0.3 is 14.6 Å². The van der Waals surface area contributed by atoms with Crippen LogP contribution >= 0.6 is 0 Å². The fourth-order valence-electron chi connectivity index (χ4n) is 3.00. The summed E-state index contributed by atoms with van der Waals surface area (Å²) in [5.41, 5.74) is 0.772. The standard InChI is InChI=1S/C16H20N2O2/c1-11-10-18(8-7-13(11)17-2)16(19)15-9-12-5-3-4-6-14(12)20-15/h3-6,9,11,13,17H,7-8,10H2,1-2H3. The second-order valence-electron chi connectivity index (χ2n) is 5.56. The molecule has 1 fully saturated rings. The summed E-state index contributed by atoms with van der Waals surface area (Å²) >= 11 is 0. The number of rotatable bonds is 2. The maximum Gasteiger partial charge on any atom is 0.289 e. The van der Waals surface area contributed by atoms with Gasteiger partial charge in [0, 0.05) is 24.5 Å². The SMILES string of the molecule is CNC1CCN(C(=O)c2cc3ccccc3o2)CC1C. The minimum atomic E-state index is 0.00241. The van der Waals surface area contributed by atoms with E-state index in [9.17, 15) is 4.79 Å². The molecular weight excluding hydrogens is 252 g/mol. The van der Waals surface area contributed by atoms with Crippen LogP contribution in [0.4, 0.5) is 0 Å². The van der Waals surface area contributed by atoms with E-state index in [1.54, 1.807) is 0 Å². The summed E-state index contributed by atoms with van der Waals surface area (Å²) in [7, 11) is 1.98. The summed E-state index contributed by atoms with van der Waals surface area (Å²) in [5, 5.41) is 4.29. The molecule has 20 heavy (non-hydrogen) atoms. The van der Waals surface area contributed by atoms with Gasteiger partial charge in [-0.15, -0.1) is 0 Å². The van der Waals surface area contributed by atoms with Gasteiger partial charge in [0.05, 0.1) is 0 Å². The summed E-state index contributed by atoms with van der Waals surface area (Å²) in [6.07, 6.45) is 0.990. The van der Waals surface area contributed by atoms with E-state index in [0.717, 1.165) is 30.5 Å². The molecule has 4 nitrogen and oxygen atoms in total. The molecule has 0 aliphatic carbocycles. The van der Waals surface area contributed by atoms with Gasteiger partial charge in [-0.05, 0) is 31.5 Å². The van der Waals surface area contributed by atoms with Crippen molar-refractivity contribution < 1.29 is 9.21 Å². The summed E-state index contributed by atoms with van der Waals surface area (Å²) in [6.45, 7) is 3.74. The smallest absolute Gasteiger partial charge is 0.289 e. The molecule has 0 bridgehead atoms.